The predicted octanol–water partition coefficient (Wildman–Crippen LogP) is -4.12. The van der Waals surface area contributed by atoms with Gasteiger partial charge in [0.2, 0.25) is 0 Å². The molecule has 2 aliphatic heterocycles. The largest absolute Gasteiger partial charge is 0.394 e. The summed E-state index contributed by atoms with van der Waals surface area (Å²) in [4.78, 5) is 0. The second-order valence-corrected chi connectivity index (χ2v) is 4.55. The second kappa shape index (κ2) is 5.95. The second-order valence-electron chi connectivity index (χ2n) is 4.55. The molecule has 19 heavy (non-hydrogen) atoms. The van der Waals surface area contributed by atoms with Crippen molar-refractivity contribution < 1.29 is 44.8 Å². The summed E-state index contributed by atoms with van der Waals surface area (Å²) in [7, 11) is 0. The summed E-state index contributed by atoms with van der Waals surface area (Å²) in [5, 5.41) is 56.2. The molecule has 0 aromatic carbocycles. The van der Waals surface area contributed by atoms with E-state index in [1.54, 1.807) is 0 Å². The molecule has 0 aromatic rings. The Balaban J connectivity index is 1.98. The van der Waals surface area contributed by atoms with Gasteiger partial charge in [-0.25, -0.2) is 0 Å². The van der Waals surface area contributed by atoms with Gasteiger partial charge in [0, 0.05) is 0 Å². The molecule has 2 rings (SSSR count). The molecule has 2 aliphatic rings. The fraction of sp³-hybridized carbons (Fsp3) is 1.00. The quantitative estimate of drug-likeness (QED) is 0.302. The molecule has 0 spiro atoms. The van der Waals surface area contributed by atoms with E-state index < -0.39 is 62.4 Å². The summed E-state index contributed by atoms with van der Waals surface area (Å²) < 4.78 is 15.1. The number of hydrogen-bond donors (Lipinski definition) is 6. The van der Waals surface area contributed by atoms with Gasteiger partial charge in [0.15, 0.2) is 12.6 Å². The van der Waals surface area contributed by atoms with E-state index in [0.717, 1.165) is 0 Å². The van der Waals surface area contributed by atoms with Crippen molar-refractivity contribution in [1.82, 2.24) is 0 Å². The van der Waals surface area contributed by atoms with Crippen molar-refractivity contribution in [2.75, 3.05) is 13.2 Å². The van der Waals surface area contributed by atoms with Crippen molar-refractivity contribution in [3.8, 4) is 0 Å². The summed E-state index contributed by atoms with van der Waals surface area (Å²) in [6.45, 7) is -1.02. The molecule has 2 fully saturated rings. The predicted molar refractivity (Wildman–Crippen MR) is 56.6 cm³/mol. The number of rotatable bonds is 4. The highest BCUT2D eigenvalue weighted by atomic mass is 16.7. The third kappa shape index (κ3) is 2.75. The Morgan fingerprint density at radius 2 is 1.37 bits per heavy atom. The van der Waals surface area contributed by atoms with E-state index in [1.807, 2.05) is 0 Å². The summed E-state index contributed by atoms with van der Waals surface area (Å²) in [5.41, 5.74) is 0. The lowest BCUT2D eigenvalue weighted by Gasteiger charge is -2.23. The van der Waals surface area contributed by atoms with E-state index in [4.69, 9.17) is 24.4 Å². The van der Waals surface area contributed by atoms with E-state index in [1.165, 1.54) is 0 Å². The maximum atomic E-state index is 9.74. The molecule has 0 aromatic heterocycles. The van der Waals surface area contributed by atoms with Gasteiger partial charge >= 0.3 is 0 Å². The molecule has 2 heterocycles. The summed E-state index contributed by atoms with van der Waals surface area (Å²) >= 11 is 0. The van der Waals surface area contributed by atoms with Crippen LogP contribution >= 0.6 is 0 Å². The third-order valence-corrected chi connectivity index (χ3v) is 3.28. The molecule has 9 heteroatoms. The van der Waals surface area contributed by atoms with Gasteiger partial charge in [-0.15, -0.1) is 0 Å². The van der Waals surface area contributed by atoms with Crippen molar-refractivity contribution in [3.63, 3.8) is 0 Å². The Morgan fingerprint density at radius 3 is 1.84 bits per heavy atom. The lowest BCUT2D eigenvalue weighted by Crippen LogP contribution is -2.42. The maximum Gasteiger partial charge on any atom is 0.187 e. The van der Waals surface area contributed by atoms with Crippen LogP contribution < -0.4 is 0 Å². The van der Waals surface area contributed by atoms with Crippen LogP contribution in [0.4, 0.5) is 0 Å². The summed E-state index contributed by atoms with van der Waals surface area (Å²) in [6, 6.07) is 0. The molecule has 1 unspecified atom stereocenters. The van der Waals surface area contributed by atoms with Crippen LogP contribution in [0.2, 0.25) is 0 Å². The normalized spacial score (nSPS) is 50.8. The van der Waals surface area contributed by atoms with E-state index in [0.29, 0.717) is 0 Å². The van der Waals surface area contributed by atoms with Crippen LogP contribution in [0.1, 0.15) is 0 Å². The summed E-state index contributed by atoms with van der Waals surface area (Å²) in [6.07, 6.45) is -10.1. The van der Waals surface area contributed by atoms with Crippen molar-refractivity contribution in [2.24, 2.45) is 0 Å². The Labute approximate surface area is 108 Å². The van der Waals surface area contributed by atoms with Gasteiger partial charge in [-0.3, -0.25) is 0 Å². The lowest BCUT2D eigenvalue weighted by atomic mass is 10.1. The van der Waals surface area contributed by atoms with Gasteiger partial charge in [0.05, 0.1) is 13.2 Å². The summed E-state index contributed by atoms with van der Waals surface area (Å²) in [5.74, 6) is 0. The highest BCUT2D eigenvalue weighted by Gasteiger charge is 2.49. The standard InChI is InChI=1S/C10H18O9/c11-1-3-5(13)7(15)10(18-3)19-8-6(14)4(2-12)17-9(8)16/h3-16H,1-2H2/t3-,4-,5-,6-,7+,8+,9?,10+/m1/s1. The maximum absolute atomic E-state index is 9.74. The smallest absolute Gasteiger partial charge is 0.187 e. The zero-order valence-corrected chi connectivity index (χ0v) is 9.94. The first kappa shape index (κ1) is 15.0. The van der Waals surface area contributed by atoms with Crippen LogP contribution in [0.25, 0.3) is 0 Å². The Morgan fingerprint density at radius 1 is 0.789 bits per heavy atom. The van der Waals surface area contributed by atoms with Gasteiger partial charge in [-0.1, -0.05) is 0 Å². The lowest BCUT2D eigenvalue weighted by molar-refractivity contribution is -0.236. The molecule has 9 nitrogen and oxygen atoms in total. The van der Waals surface area contributed by atoms with Gasteiger partial charge in [0.25, 0.3) is 0 Å². The molecule has 112 valence electrons. The highest BCUT2D eigenvalue weighted by molar-refractivity contribution is 4.91. The monoisotopic (exact) mass is 282 g/mol. The zero-order chi connectivity index (χ0) is 14.2. The fourth-order valence-corrected chi connectivity index (χ4v) is 2.15. The topological polar surface area (TPSA) is 149 Å². The molecule has 0 radical (unpaired) electrons. The molecular weight excluding hydrogens is 264 g/mol. The average Bonchev–Trinajstić information content (AvgIpc) is 2.83. The van der Waals surface area contributed by atoms with Crippen LogP contribution in [0.15, 0.2) is 0 Å². The van der Waals surface area contributed by atoms with Gasteiger partial charge in [0.1, 0.15) is 36.6 Å². The fourth-order valence-electron chi connectivity index (χ4n) is 2.15. The molecule has 2 saturated heterocycles. The minimum absolute atomic E-state index is 0.506. The Kier molecular flexibility index (Phi) is 4.71. The minimum Gasteiger partial charge on any atom is -0.394 e. The number of aliphatic hydroxyl groups is 6. The molecule has 0 aliphatic carbocycles. The Bertz CT molecular complexity index is 301. The van der Waals surface area contributed by atoms with Gasteiger partial charge in [-0.05, 0) is 0 Å². The minimum atomic E-state index is -1.49. The van der Waals surface area contributed by atoms with Crippen LogP contribution in [0, 0.1) is 0 Å². The first-order chi connectivity index (χ1) is 8.99. The third-order valence-electron chi connectivity index (χ3n) is 3.28. The van der Waals surface area contributed by atoms with E-state index >= 15 is 0 Å². The molecule has 0 saturated carbocycles. The van der Waals surface area contributed by atoms with Crippen LogP contribution in [0.5, 0.6) is 0 Å². The average molecular weight is 282 g/mol. The van der Waals surface area contributed by atoms with Crippen LogP contribution in [-0.4, -0.2) is 93.1 Å². The Hall–Kier alpha value is -0.360. The van der Waals surface area contributed by atoms with Crippen molar-refractivity contribution in [3.05, 3.63) is 0 Å². The number of ether oxygens (including phenoxy) is 3. The number of aliphatic hydroxyl groups excluding tert-OH is 6. The van der Waals surface area contributed by atoms with E-state index in [2.05, 4.69) is 0 Å². The van der Waals surface area contributed by atoms with Crippen LogP contribution in [0.3, 0.4) is 0 Å². The first-order valence-corrected chi connectivity index (χ1v) is 5.90. The van der Waals surface area contributed by atoms with Crippen LogP contribution in [-0.2, 0) is 14.2 Å². The van der Waals surface area contributed by atoms with E-state index in [-0.39, 0.29) is 0 Å². The first-order valence-electron chi connectivity index (χ1n) is 5.90. The van der Waals surface area contributed by atoms with Gasteiger partial charge in [-0.2, -0.15) is 0 Å². The van der Waals surface area contributed by atoms with E-state index in [9.17, 15) is 20.4 Å². The molecule has 6 N–H and O–H groups in total. The molecule has 0 amide bonds. The molecule has 8 atom stereocenters. The molecular formula is C10H18O9. The van der Waals surface area contributed by atoms with Crippen molar-refractivity contribution in [2.45, 2.75) is 49.2 Å². The zero-order valence-electron chi connectivity index (χ0n) is 9.94. The van der Waals surface area contributed by atoms with Crippen molar-refractivity contribution >= 4 is 0 Å². The molecule has 0 bridgehead atoms. The number of hydrogen-bond acceptors (Lipinski definition) is 9. The SMILES string of the molecule is OC[C@H]1O[C@@H](O[C@@H]2C(O)O[C@H](CO)[C@H]2O)[C@@H](O)[C@@H]1O. The van der Waals surface area contributed by atoms with Gasteiger partial charge < -0.3 is 44.8 Å². The van der Waals surface area contributed by atoms with Crippen molar-refractivity contribution in [1.29, 1.82) is 0 Å². The highest BCUT2D eigenvalue weighted by Crippen LogP contribution is 2.28.